The third-order valence-corrected chi connectivity index (χ3v) is 11.3. The summed E-state index contributed by atoms with van der Waals surface area (Å²) in [7, 11) is 0. The Kier molecular flexibility index (Phi) is 13.9. The van der Waals surface area contributed by atoms with E-state index in [9.17, 15) is 14.4 Å². The summed E-state index contributed by atoms with van der Waals surface area (Å²) in [6.07, 6.45) is 9.62. The average molecular weight is 716 g/mol. The predicted octanol–water partition coefficient (Wildman–Crippen LogP) is 9.22. The van der Waals surface area contributed by atoms with Gasteiger partial charge in [0.2, 0.25) is 0 Å². The van der Waals surface area contributed by atoms with Crippen LogP contribution < -0.4 is 0 Å². The van der Waals surface area contributed by atoms with E-state index < -0.39 is 11.2 Å². The van der Waals surface area contributed by atoms with Gasteiger partial charge in [-0.25, -0.2) is 9.59 Å². The molecule has 0 unspecified atom stereocenters. The van der Waals surface area contributed by atoms with Crippen LogP contribution in [0.5, 0.6) is 0 Å². The molecule has 2 aliphatic carbocycles. The van der Waals surface area contributed by atoms with Crippen molar-refractivity contribution in [3.05, 3.63) is 71.8 Å². The largest absolute Gasteiger partial charge is 0.444 e. The Morgan fingerprint density at radius 1 is 0.673 bits per heavy atom. The van der Waals surface area contributed by atoms with E-state index in [0.29, 0.717) is 11.8 Å². The average Bonchev–Trinajstić information content (AvgIpc) is 4.04. The van der Waals surface area contributed by atoms with Crippen molar-refractivity contribution in [2.75, 3.05) is 32.7 Å². The highest BCUT2D eigenvalue weighted by atomic mass is 16.6. The second-order valence-corrected chi connectivity index (χ2v) is 17.8. The molecule has 2 aromatic carbocycles. The van der Waals surface area contributed by atoms with E-state index in [1.54, 1.807) is 0 Å². The number of amides is 2. The van der Waals surface area contributed by atoms with Crippen LogP contribution in [0.3, 0.4) is 0 Å². The normalized spacial score (nSPS) is 23.8. The number of rotatable bonds is 11. The molecule has 4 aliphatic rings. The monoisotopic (exact) mass is 715 g/mol. The van der Waals surface area contributed by atoms with Gasteiger partial charge in [-0.2, -0.15) is 0 Å². The van der Waals surface area contributed by atoms with E-state index in [1.165, 1.54) is 30.4 Å². The number of ether oxygens (including phenoxy) is 2. The Labute approximate surface area is 313 Å². The van der Waals surface area contributed by atoms with Crippen molar-refractivity contribution in [3.63, 3.8) is 0 Å². The SMILES string of the molecule is CC(C)(C)OC(=O)N1CCC([C@H]2C[C@@H]2CC=O)CC1.CC(C)(C)OC(=O)N1CCC([C@H]2C[C@@H]2CCN(Cc2ccccc2)Cc2ccccc2)CC1. The van der Waals surface area contributed by atoms with Crippen molar-refractivity contribution in [3.8, 4) is 0 Å². The van der Waals surface area contributed by atoms with E-state index in [4.69, 9.17) is 9.47 Å². The van der Waals surface area contributed by atoms with Crippen molar-refractivity contribution in [1.29, 1.82) is 0 Å². The summed E-state index contributed by atoms with van der Waals surface area (Å²) in [5, 5.41) is 0. The lowest BCUT2D eigenvalue weighted by Gasteiger charge is -2.33. The lowest BCUT2D eigenvalue weighted by atomic mass is 9.90. The van der Waals surface area contributed by atoms with Crippen molar-refractivity contribution in [1.82, 2.24) is 14.7 Å². The molecule has 2 heterocycles. The van der Waals surface area contributed by atoms with Crippen molar-refractivity contribution in [2.24, 2.45) is 35.5 Å². The summed E-state index contributed by atoms with van der Waals surface area (Å²) in [6, 6.07) is 21.7. The number of carbonyl (C=O) groups excluding carboxylic acids is 3. The molecule has 2 aromatic rings. The molecule has 8 heteroatoms. The highest BCUT2D eigenvalue weighted by molar-refractivity contribution is 5.68. The number of hydrogen-bond donors (Lipinski definition) is 0. The molecule has 0 N–H and O–H groups in total. The maximum Gasteiger partial charge on any atom is 0.410 e. The molecule has 0 aromatic heterocycles. The molecule has 2 aliphatic heterocycles. The molecule has 4 atom stereocenters. The minimum atomic E-state index is -0.417. The minimum Gasteiger partial charge on any atom is -0.444 e. The van der Waals surface area contributed by atoms with Crippen molar-refractivity contribution >= 4 is 18.5 Å². The Morgan fingerprint density at radius 2 is 1.08 bits per heavy atom. The smallest absolute Gasteiger partial charge is 0.410 e. The second-order valence-electron chi connectivity index (χ2n) is 17.8. The summed E-state index contributed by atoms with van der Waals surface area (Å²) < 4.78 is 10.9. The van der Waals surface area contributed by atoms with Crippen LogP contribution in [-0.4, -0.2) is 77.1 Å². The molecule has 2 saturated heterocycles. The third kappa shape index (κ3) is 12.9. The van der Waals surface area contributed by atoms with Gasteiger partial charge in [0, 0.05) is 45.7 Å². The van der Waals surface area contributed by atoms with E-state index in [1.807, 2.05) is 51.3 Å². The zero-order valence-electron chi connectivity index (χ0n) is 32.8. The number of piperidine rings is 2. The minimum absolute atomic E-state index is 0.147. The van der Waals surface area contributed by atoms with E-state index >= 15 is 0 Å². The molecule has 0 spiro atoms. The quantitative estimate of drug-likeness (QED) is 0.216. The highest BCUT2D eigenvalue weighted by Crippen LogP contribution is 2.50. The molecular formula is C44H65N3O5. The fourth-order valence-corrected chi connectivity index (χ4v) is 8.34. The standard InChI is InChI=1S/C29H40N2O2.C15H25NO3/c1-29(2,3)33-28(32)31-18-15-25(16-19-31)27-20-26(27)14-17-30(21-23-10-6-4-7-11-23)22-24-12-8-5-9-13-24;1-15(2,3)19-14(18)16-7-4-11(5-8-16)13-10-12(13)6-9-17/h4-13,25-27H,14-22H2,1-3H3;9,11-13H,4-8,10H2,1-3H3/t26-,27+;12-,13+/m00/s1. The molecule has 0 radical (unpaired) electrons. The Balaban J connectivity index is 0.000000233. The highest BCUT2D eigenvalue weighted by Gasteiger charge is 2.45. The maximum absolute atomic E-state index is 12.3. The summed E-state index contributed by atoms with van der Waals surface area (Å²) in [5.41, 5.74) is 1.94. The van der Waals surface area contributed by atoms with E-state index in [2.05, 4.69) is 65.6 Å². The number of benzene rings is 2. The lowest BCUT2D eigenvalue weighted by molar-refractivity contribution is -0.108. The molecule has 2 amide bonds. The van der Waals surface area contributed by atoms with Gasteiger partial charge in [0.05, 0.1) is 0 Å². The number of likely N-dealkylation sites (tertiary alicyclic amines) is 2. The van der Waals surface area contributed by atoms with E-state index in [-0.39, 0.29) is 12.2 Å². The molecule has 2 saturated carbocycles. The summed E-state index contributed by atoms with van der Waals surface area (Å²) in [5.74, 6) is 4.51. The van der Waals surface area contributed by atoms with Gasteiger partial charge < -0.3 is 24.1 Å². The molecule has 52 heavy (non-hydrogen) atoms. The van der Waals surface area contributed by atoms with E-state index in [0.717, 1.165) is 108 Å². The number of hydrogen-bond acceptors (Lipinski definition) is 6. The summed E-state index contributed by atoms with van der Waals surface area (Å²) in [6.45, 7) is 17.9. The summed E-state index contributed by atoms with van der Waals surface area (Å²) in [4.78, 5) is 41.1. The van der Waals surface area contributed by atoms with Crippen LogP contribution in [0.1, 0.15) is 104 Å². The molecule has 6 rings (SSSR count). The first kappa shape index (κ1) is 39.8. The predicted molar refractivity (Wildman–Crippen MR) is 207 cm³/mol. The van der Waals surface area contributed by atoms with Crippen LogP contribution in [-0.2, 0) is 27.4 Å². The zero-order chi connectivity index (χ0) is 37.3. The van der Waals surface area contributed by atoms with Crippen LogP contribution in [0.25, 0.3) is 0 Å². The van der Waals surface area contributed by atoms with Gasteiger partial charge in [0.15, 0.2) is 0 Å². The number of carbonyl (C=O) groups is 3. The Hall–Kier alpha value is -3.39. The molecule has 4 fully saturated rings. The Bertz CT molecular complexity index is 1360. The number of nitrogens with zero attached hydrogens (tertiary/aromatic N) is 3. The van der Waals surface area contributed by atoms with Gasteiger partial charge in [0.25, 0.3) is 0 Å². The van der Waals surface area contributed by atoms with Gasteiger partial charge in [-0.15, -0.1) is 0 Å². The first-order chi connectivity index (χ1) is 24.8. The van der Waals surface area contributed by atoms with Crippen molar-refractivity contribution in [2.45, 2.75) is 117 Å². The first-order valence-corrected chi connectivity index (χ1v) is 20.0. The number of aldehydes is 1. The topological polar surface area (TPSA) is 79.4 Å². The van der Waals surface area contributed by atoms with Crippen LogP contribution in [0.2, 0.25) is 0 Å². The molecule has 8 nitrogen and oxygen atoms in total. The molecule has 0 bridgehead atoms. The second kappa shape index (κ2) is 18.1. The van der Waals surface area contributed by atoms with Gasteiger partial charge in [-0.1, -0.05) is 60.7 Å². The van der Waals surface area contributed by atoms with Crippen LogP contribution >= 0.6 is 0 Å². The third-order valence-electron chi connectivity index (χ3n) is 11.3. The van der Waals surface area contributed by atoms with Gasteiger partial charge in [-0.3, -0.25) is 4.90 Å². The summed E-state index contributed by atoms with van der Waals surface area (Å²) >= 11 is 0. The van der Waals surface area contributed by atoms with Crippen LogP contribution in [0.15, 0.2) is 60.7 Å². The Morgan fingerprint density at radius 3 is 1.48 bits per heavy atom. The van der Waals surface area contributed by atoms with Crippen LogP contribution in [0, 0.1) is 35.5 Å². The zero-order valence-corrected chi connectivity index (χ0v) is 32.8. The first-order valence-electron chi connectivity index (χ1n) is 20.0. The van der Waals surface area contributed by atoms with Crippen molar-refractivity contribution < 1.29 is 23.9 Å². The lowest BCUT2D eigenvalue weighted by Crippen LogP contribution is -2.42. The maximum atomic E-state index is 12.3. The fourth-order valence-electron chi connectivity index (χ4n) is 8.34. The van der Waals surface area contributed by atoms with Gasteiger partial charge in [0.1, 0.15) is 17.5 Å². The molecule has 286 valence electrons. The van der Waals surface area contributed by atoms with Gasteiger partial charge >= 0.3 is 12.2 Å². The van der Waals surface area contributed by atoms with Gasteiger partial charge in [-0.05, 0) is 140 Å². The van der Waals surface area contributed by atoms with Crippen LogP contribution in [0.4, 0.5) is 9.59 Å². The fraction of sp³-hybridized carbons (Fsp3) is 0.659. The molecular weight excluding hydrogens is 650 g/mol.